The highest BCUT2D eigenvalue weighted by atomic mass is 32.2. The molecule has 0 radical (unpaired) electrons. The third-order valence-corrected chi connectivity index (χ3v) is 4.64. The largest absolute Gasteiger partial charge is 0.586 e. The number of hydrogen-bond donors (Lipinski definition) is 0. The Balaban J connectivity index is 1.90. The standard InChI is InChI=1S/C15H21NOS/c1-12-3-7-14(8-4-12)11-16-18(17)15-9-5-13(2)6-10-15/h5-6,9-12,14H,3-4,7-8H2,1-2H3/b16-11-/t12-,14-,18?. The Bertz CT molecular complexity index is 393. The van der Waals surface area contributed by atoms with Crippen LogP contribution in [-0.2, 0) is 11.4 Å². The Morgan fingerprint density at radius 1 is 1.17 bits per heavy atom. The van der Waals surface area contributed by atoms with Crippen molar-refractivity contribution in [2.75, 3.05) is 0 Å². The molecule has 0 aliphatic heterocycles. The molecule has 2 nitrogen and oxygen atoms in total. The van der Waals surface area contributed by atoms with Crippen molar-refractivity contribution < 1.29 is 4.55 Å². The molecule has 1 aromatic rings. The summed E-state index contributed by atoms with van der Waals surface area (Å²) in [6, 6.07) is 7.74. The number of benzene rings is 1. The van der Waals surface area contributed by atoms with E-state index >= 15 is 0 Å². The van der Waals surface area contributed by atoms with E-state index in [2.05, 4.69) is 11.3 Å². The molecule has 18 heavy (non-hydrogen) atoms. The summed E-state index contributed by atoms with van der Waals surface area (Å²) in [6.07, 6.45) is 6.84. The molecule has 0 bridgehead atoms. The second-order valence-corrected chi connectivity index (χ2v) is 6.52. The van der Waals surface area contributed by atoms with E-state index < -0.39 is 11.4 Å². The van der Waals surface area contributed by atoms with Crippen LogP contribution in [0.15, 0.2) is 33.6 Å². The molecule has 1 atom stereocenters. The van der Waals surface area contributed by atoms with Crippen LogP contribution >= 0.6 is 0 Å². The van der Waals surface area contributed by atoms with Crippen LogP contribution in [0.5, 0.6) is 0 Å². The lowest BCUT2D eigenvalue weighted by Gasteiger charge is -2.22. The van der Waals surface area contributed by atoms with E-state index in [4.69, 9.17) is 0 Å². The van der Waals surface area contributed by atoms with Gasteiger partial charge in [-0.15, -0.1) is 0 Å². The fraction of sp³-hybridized carbons (Fsp3) is 0.533. The topological polar surface area (TPSA) is 35.4 Å². The van der Waals surface area contributed by atoms with Gasteiger partial charge in [-0.05, 0) is 43.7 Å². The molecule has 2 rings (SSSR count). The average Bonchev–Trinajstić information content (AvgIpc) is 2.38. The Morgan fingerprint density at radius 3 is 2.39 bits per heavy atom. The summed E-state index contributed by atoms with van der Waals surface area (Å²) >= 11 is -1.23. The van der Waals surface area contributed by atoms with Crippen molar-refractivity contribution in [3.05, 3.63) is 29.8 Å². The molecular weight excluding hydrogens is 242 g/mol. The average molecular weight is 263 g/mol. The minimum absolute atomic E-state index is 0.524. The molecule has 98 valence electrons. The van der Waals surface area contributed by atoms with Gasteiger partial charge in [0.1, 0.15) is 11.4 Å². The van der Waals surface area contributed by atoms with E-state index in [1.165, 1.54) is 31.2 Å². The summed E-state index contributed by atoms with van der Waals surface area (Å²) in [6.45, 7) is 4.33. The fourth-order valence-corrected chi connectivity index (χ4v) is 3.07. The van der Waals surface area contributed by atoms with Crippen molar-refractivity contribution in [1.82, 2.24) is 0 Å². The molecule has 0 aromatic heterocycles. The van der Waals surface area contributed by atoms with Crippen LogP contribution in [-0.4, -0.2) is 10.8 Å². The minimum Gasteiger partial charge on any atom is -0.586 e. The number of rotatable bonds is 3. The summed E-state index contributed by atoms with van der Waals surface area (Å²) in [4.78, 5) is 0.793. The van der Waals surface area contributed by atoms with Crippen molar-refractivity contribution in [2.24, 2.45) is 16.2 Å². The zero-order valence-corrected chi connectivity index (χ0v) is 12.0. The van der Waals surface area contributed by atoms with Gasteiger partial charge in [0.15, 0.2) is 4.90 Å². The molecule has 1 fully saturated rings. The van der Waals surface area contributed by atoms with Gasteiger partial charge in [0.05, 0.1) is 6.21 Å². The molecule has 0 N–H and O–H groups in total. The normalized spacial score (nSPS) is 26.4. The van der Waals surface area contributed by atoms with Crippen LogP contribution in [0.2, 0.25) is 0 Å². The summed E-state index contributed by atoms with van der Waals surface area (Å²) in [7, 11) is 0. The maximum absolute atomic E-state index is 12.0. The molecule has 3 heteroatoms. The van der Waals surface area contributed by atoms with Crippen molar-refractivity contribution >= 4 is 17.6 Å². The number of hydrogen-bond acceptors (Lipinski definition) is 2. The quantitative estimate of drug-likeness (QED) is 0.601. The van der Waals surface area contributed by atoms with Gasteiger partial charge in [-0.25, -0.2) is 0 Å². The Hall–Kier alpha value is -0.800. The highest BCUT2D eigenvalue weighted by Gasteiger charge is 2.18. The molecule has 0 amide bonds. The third-order valence-electron chi connectivity index (χ3n) is 3.65. The van der Waals surface area contributed by atoms with Gasteiger partial charge in [0.2, 0.25) is 0 Å². The van der Waals surface area contributed by atoms with E-state index in [-0.39, 0.29) is 0 Å². The predicted molar refractivity (Wildman–Crippen MR) is 77.2 cm³/mol. The molecule has 1 aliphatic carbocycles. The Labute approximate surface area is 113 Å². The van der Waals surface area contributed by atoms with Crippen LogP contribution in [0.3, 0.4) is 0 Å². The summed E-state index contributed by atoms with van der Waals surface area (Å²) < 4.78 is 16.2. The van der Waals surface area contributed by atoms with Gasteiger partial charge in [-0.1, -0.05) is 41.9 Å². The molecule has 0 saturated heterocycles. The Kier molecular flexibility index (Phi) is 4.84. The van der Waals surface area contributed by atoms with E-state index in [0.717, 1.165) is 10.8 Å². The van der Waals surface area contributed by atoms with Gasteiger partial charge in [-0.3, -0.25) is 0 Å². The molecule has 1 unspecified atom stereocenters. The predicted octanol–water partition coefficient (Wildman–Crippen LogP) is 3.91. The number of nitrogens with zero attached hydrogens (tertiary/aromatic N) is 1. The molecule has 0 heterocycles. The highest BCUT2D eigenvalue weighted by molar-refractivity contribution is 7.90. The van der Waals surface area contributed by atoms with Crippen LogP contribution in [0.1, 0.15) is 38.2 Å². The SMILES string of the molecule is Cc1ccc([S+]([O-])/N=C\[C@H]2CC[C@H](C)CC2)cc1. The van der Waals surface area contributed by atoms with Crippen LogP contribution < -0.4 is 0 Å². The molecule has 1 aromatic carbocycles. The first-order valence-electron chi connectivity index (χ1n) is 6.68. The smallest absolute Gasteiger partial charge is 0.182 e. The van der Waals surface area contributed by atoms with Crippen molar-refractivity contribution in [3.63, 3.8) is 0 Å². The maximum Gasteiger partial charge on any atom is 0.182 e. The zero-order valence-electron chi connectivity index (χ0n) is 11.1. The van der Waals surface area contributed by atoms with Gasteiger partial charge >= 0.3 is 0 Å². The van der Waals surface area contributed by atoms with Gasteiger partial charge in [0.25, 0.3) is 0 Å². The third kappa shape index (κ3) is 3.85. The van der Waals surface area contributed by atoms with Gasteiger partial charge in [0, 0.05) is 0 Å². The van der Waals surface area contributed by atoms with E-state index in [1.54, 1.807) is 0 Å². The molecular formula is C15H21NOS. The summed E-state index contributed by atoms with van der Waals surface area (Å²) in [5, 5.41) is 0. The van der Waals surface area contributed by atoms with Crippen molar-refractivity contribution in [3.8, 4) is 0 Å². The lowest BCUT2D eigenvalue weighted by Crippen LogP contribution is -2.14. The molecule has 0 spiro atoms. The lowest BCUT2D eigenvalue weighted by molar-refractivity contribution is 0.347. The number of aryl methyl sites for hydroxylation is 1. The second-order valence-electron chi connectivity index (χ2n) is 5.34. The van der Waals surface area contributed by atoms with Gasteiger partial charge in [-0.2, -0.15) is 0 Å². The minimum atomic E-state index is -1.23. The van der Waals surface area contributed by atoms with Crippen molar-refractivity contribution in [2.45, 2.75) is 44.4 Å². The zero-order chi connectivity index (χ0) is 13.0. The van der Waals surface area contributed by atoms with Crippen molar-refractivity contribution in [1.29, 1.82) is 0 Å². The summed E-state index contributed by atoms with van der Waals surface area (Å²) in [5.41, 5.74) is 1.18. The maximum atomic E-state index is 12.0. The van der Waals surface area contributed by atoms with Gasteiger partial charge < -0.3 is 4.55 Å². The molecule has 1 saturated carbocycles. The van der Waals surface area contributed by atoms with Crippen LogP contribution in [0.25, 0.3) is 0 Å². The first-order chi connectivity index (χ1) is 8.65. The molecule has 1 aliphatic rings. The monoisotopic (exact) mass is 263 g/mol. The van der Waals surface area contributed by atoms with E-state index in [9.17, 15) is 4.55 Å². The first-order valence-corrected chi connectivity index (χ1v) is 7.78. The van der Waals surface area contributed by atoms with Crippen LogP contribution in [0.4, 0.5) is 0 Å². The van der Waals surface area contributed by atoms with E-state index in [1.807, 2.05) is 37.4 Å². The second kappa shape index (κ2) is 6.39. The first kappa shape index (κ1) is 13.6. The van der Waals surface area contributed by atoms with E-state index in [0.29, 0.717) is 5.92 Å². The summed E-state index contributed by atoms with van der Waals surface area (Å²) in [5.74, 6) is 1.37. The Morgan fingerprint density at radius 2 is 1.78 bits per heavy atom. The highest BCUT2D eigenvalue weighted by Crippen LogP contribution is 2.27. The lowest BCUT2D eigenvalue weighted by atomic mass is 9.84. The van der Waals surface area contributed by atoms with Crippen LogP contribution in [0, 0.1) is 18.8 Å². The fourth-order valence-electron chi connectivity index (χ4n) is 2.29.